The third kappa shape index (κ3) is 2.84. The van der Waals surface area contributed by atoms with Crippen LogP contribution in [0.4, 0.5) is 10.2 Å². The predicted octanol–water partition coefficient (Wildman–Crippen LogP) is 3.55. The Bertz CT molecular complexity index is 580. The summed E-state index contributed by atoms with van der Waals surface area (Å²) >= 11 is 5.89. The minimum atomic E-state index is -0.202. The number of hydrogen-bond acceptors (Lipinski definition) is 3. The molecule has 1 aromatic heterocycles. The van der Waals surface area contributed by atoms with Gasteiger partial charge in [0, 0.05) is 18.0 Å². The summed E-state index contributed by atoms with van der Waals surface area (Å²) in [5.74, 6) is 1.60. The second-order valence-corrected chi connectivity index (χ2v) is 5.15. The van der Waals surface area contributed by atoms with Crippen molar-refractivity contribution >= 4 is 17.4 Å². The van der Waals surface area contributed by atoms with Crippen LogP contribution in [-0.2, 0) is 0 Å². The third-order valence-electron chi connectivity index (χ3n) is 3.23. The zero-order valence-corrected chi connectivity index (χ0v) is 11.2. The van der Waals surface area contributed by atoms with E-state index in [1.54, 1.807) is 13.0 Å². The maximum absolute atomic E-state index is 12.9. The Balaban J connectivity index is 1.68. The highest BCUT2D eigenvalue weighted by atomic mass is 35.5. The molecule has 1 aliphatic carbocycles. The molecule has 0 unspecified atom stereocenters. The summed E-state index contributed by atoms with van der Waals surface area (Å²) in [6.45, 7) is 1.81. The monoisotopic (exact) mass is 277 g/mol. The zero-order valence-electron chi connectivity index (χ0n) is 10.4. The fourth-order valence-electron chi connectivity index (χ4n) is 2.23. The van der Waals surface area contributed by atoms with Crippen LogP contribution in [0.5, 0.6) is 0 Å². The van der Waals surface area contributed by atoms with Crippen LogP contribution in [0.1, 0.15) is 23.7 Å². The van der Waals surface area contributed by atoms with Crippen molar-refractivity contribution in [3.8, 4) is 0 Å². The lowest BCUT2D eigenvalue weighted by molar-refractivity contribution is 0.627. The second kappa shape index (κ2) is 4.78. The van der Waals surface area contributed by atoms with Crippen LogP contribution in [0.2, 0.25) is 5.15 Å². The summed E-state index contributed by atoms with van der Waals surface area (Å²) in [6.07, 6.45) is 1.02. The molecule has 0 spiro atoms. The van der Waals surface area contributed by atoms with E-state index >= 15 is 0 Å². The summed E-state index contributed by atoms with van der Waals surface area (Å²) in [5, 5.41) is 3.77. The molecule has 0 bridgehead atoms. The normalized spacial score (nSPS) is 21.2. The van der Waals surface area contributed by atoms with Crippen LogP contribution in [0.25, 0.3) is 0 Å². The van der Waals surface area contributed by atoms with Crippen LogP contribution in [0.15, 0.2) is 30.3 Å². The first kappa shape index (κ1) is 12.4. The van der Waals surface area contributed by atoms with Gasteiger partial charge in [-0.1, -0.05) is 23.7 Å². The molecule has 0 saturated heterocycles. The van der Waals surface area contributed by atoms with E-state index in [-0.39, 0.29) is 5.82 Å². The van der Waals surface area contributed by atoms with E-state index in [2.05, 4.69) is 15.3 Å². The van der Waals surface area contributed by atoms with Crippen molar-refractivity contribution in [2.45, 2.75) is 25.3 Å². The summed E-state index contributed by atoms with van der Waals surface area (Å²) in [5.41, 5.74) is 1.15. The number of rotatable bonds is 3. The van der Waals surface area contributed by atoms with E-state index in [9.17, 15) is 4.39 Å². The van der Waals surface area contributed by atoms with Crippen LogP contribution in [0.3, 0.4) is 0 Å². The molecule has 3 nitrogen and oxygen atoms in total. The van der Waals surface area contributed by atoms with Crippen molar-refractivity contribution in [3.05, 3.63) is 52.7 Å². The summed E-state index contributed by atoms with van der Waals surface area (Å²) in [6, 6.07) is 8.71. The van der Waals surface area contributed by atoms with Gasteiger partial charge >= 0.3 is 0 Å². The maximum atomic E-state index is 12.9. The molecule has 3 rings (SSSR count). The number of benzene rings is 1. The zero-order chi connectivity index (χ0) is 13.4. The summed E-state index contributed by atoms with van der Waals surface area (Å²) in [7, 11) is 0. The van der Waals surface area contributed by atoms with Gasteiger partial charge in [0.25, 0.3) is 0 Å². The van der Waals surface area contributed by atoms with Crippen LogP contribution >= 0.6 is 11.6 Å². The van der Waals surface area contributed by atoms with Crippen LogP contribution in [-0.4, -0.2) is 16.0 Å². The second-order valence-electron chi connectivity index (χ2n) is 4.77. The number of hydrogen-bond donors (Lipinski definition) is 1. The molecular weight excluding hydrogens is 265 g/mol. The van der Waals surface area contributed by atoms with E-state index in [4.69, 9.17) is 11.6 Å². The van der Waals surface area contributed by atoms with Crippen molar-refractivity contribution in [1.82, 2.24) is 9.97 Å². The lowest BCUT2D eigenvalue weighted by atomic mass is 10.1. The van der Waals surface area contributed by atoms with E-state index in [0.717, 1.165) is 17.8 Å². The van der Waals surface area contributed by atoms with Gasteiger partial charge < -0.3 is 5.32 Å². The van der Waals surface area contributed by atoms with Crippen LogP contribution in [0, 0.1) is 12.7 Å². The van der Waals surface area contributed by atoms with Gasteiger partial charge in [-0.15, -0.1) is 0 Å². The molecule has 1 aromatic carbocycles. The number of nitrogens with one attached hydrogen (secondary N) is 1. The third-order valence-corrected chi connectivity index (χ3v) is 3.42. The Kier molecular flexibility index (Phi) is 3.11. The Morgan fingerprint density at radius 1 is 1.26 bits per heavy atom. The van der Waals surface area contributed by atoms with Gasteiger partial charge in [0.15, 0.2) is 0 Å². The van der Waals surface area contributed by atoms with Gasteiger partial charge in [0.1, 0.15) is 22.6 Å². The fourth-order valence-corrected chi connectivity index (χ4v) is 2.45. The molecule has 1 saturated carbocycles. The van der Waals surface area contributed by atoms with Gasteiger partial charge in [-0.25, -0.2) is 14.4 Å². The molecule has 5 heteroatoms. The highest BCUT2D eigenvalue weighted by Gasteiger charge is 2.38. The standard InChI is InChI=1S/C14H13ClFN3/c1-8-17-13(15)7-14(18-8)19-12-6-11(12)9-2-4-10(16)5-3-9/h2-5,7,11-12H,6H2,1H3,(H,17,18,19)/t11-,12+/m0/s1. The number of aromatic nitrogens is 2. The van der Waals surface area contributed by atoms with Gasteiger partial charge in [0.2, 0.25) is 0 Å². The first-order chi connectivity index (χ1) is 9.11. The smallest absolute Gasteiger partial charge is 0.134 e. The Hall–Kier alpha value is -1.68. The Morgan fingerprint density at radius 3 is 2.68 bits per heavy atom. The van der Waals surface area contributed by atoms with Crippen molar-refractivity contribution in [2.75, 3.05) is 5.32 Å². The molecule has 19 heavy (non-hydrogen) atoms. The quantitative estimate of drug-likeness (QED) is 0.872. The average Bonchev–Trinajstić information content (AvgIpc) is 3.08. The molecule has 2 aromatic rings. The minimum Gasteiger partial charge on any atom is -0.367 e. The predicted molar refractivity (Wildman–Crippen MR) is 72.9 cm³/mol. The molecule has 0 amide bonds. The molecule has 98 valence electrons. The maximum Gasteiger partial charge on any atom is 0.134 e. The number of anilines is 1. The molecule has 0 aliphatic heterocycles. The minimum absolute atomic E-state index is 0.202. The number of halogens is 2. The van der Waals surface area contributed by atoms with E-state index < -0.39 is 0 Å². The molecule has 1 heterocycles. The fraction of sp³-hybridized carbons (Fsp3) is 0.286. The lowest BCUT2D eigenvalue weighted by Gasteiger charge is -2.06. The van der Waals surface area contributed by atoms with Gasteiger partial charge in [-0.2, -0.15) is 0 Å². The largest absolute Gasteiger partial charge is 0.367 e. The molecule has 2 atom stereocenters. The van der Waals surface area contributed by atoms with Crippen molar-refractivity contribution in [2.24, 2.45) is 0 Å². The molecule has 1 N–H and O–H groups in total. The van der Waals surface area contributed by atoms with Gasteiger partial charge in [-0.05, 0) is 31.0 Å². The molecule has 1 fully saturated rings. The highest BCUT2D eigenvalue weighted by molar-refractivity contribution is 6.29. The summed E-state index contributed by atoms with van der Waals surface area (Å²) in [4.78, 5) is 8.31. The van der Waals surface area contributed by atoms with E-state index in [0.29, 0.717) is 22.9 Å². The van der Waals surface area contributed by atoms with Crippen LogP contribution < -0.4 is 5.32 Å². The molecule has 1 aliphatic rings. The van der Waals surface area contributed by atoms with E-state index in [1.807, 2.05) is 12.1 Å². The molecule has 0 radical (unpaired) electrons. The lowest BCUT2D eigenvalue weighted by Crippen LogP contribution is -2.07. The highest BCUT2D eigenvalue weighted by Crippen LogP contribution is 2.42. The Labute approximate surface area is 115 Å². The SMILES string of the molecule is Cc1nc(Cl)cc(N[C@@H]2C[C@H]2c2ccc(F)cc2)n1. The first-order valence-corrected chi connectivity index (χ1v) is 6.53. The average molecular weight is 278 g/mol. The van der Waals surface area contributed by atoms with E-state index in [1.165, 1.54) is 12.1 Å². The van der Waals surface area contributed by atoms with Crippen molar-refractivity contribution in [3.63, 3.8) is 0 Å². The van der Waals surface area contributed by atoms with Gasteiger partial charge in [0.05, 0.1) is 0 Å². The van der Waals surface area contributed by atoms with Crippen molar-refractivity contribution < 1.29 is 4.39 Å². The number of aryl methyl sites for hydroxylation is 1. The Morgan fingerprint density at radius 2 is 2.00 bits per heavy atom. The van der Waals surface area contributed by atoms with Gasteiger partial charge in [-0.3, -0.25) is 0 Å². The number of nitrogens with zero attached hydrogens (tertiary/aromatic N) is 2. The topological polar surface area (TPSA) is 37.8 Å². The molecular formula is C14H13ClFN3. The van der Waals surface area contributed by atoms with Crippen molar-refractivity contribution in [1.29, 1.82) is 0 Å². The summed E-state index contributed by atoms with van der Waals surface area (Å²) < 4.78 is 12.9. The first-order valence-electron chi connectivity index (χ1n) is 6.15.